The van der Waals surface area contributed by atoms with Gasteiger partial charge < -0.3 is 11.5 Å². The van der Waals surface area contributed by atoms with E-state index in [1.165, 1.54) is 11.3 Å². The lowest BCUT2D eigenvalue weighted by Crippen LogP contribution is -2.14. The van der Waals surface area contributed by atoms with Gasteiger partial charge in [0.1, 0.15) is 0 Å². The normalized spacial score (nSPS) is 10.4. The number of aryl methyl sites for hydroxylation is 1. The largest absolute Gasteiger partial charge is 0.390 e. The molecular formula is C10H16N2OS. The minimum atomic E-state index is -0.405. The molecule has 0 spiro atoms. The molecule has 4 N–H and O–H groups in total. The van der Waals surface area contributed by atoms with E-state index in [1.54, 1.807) is 0 Å². The molecule has 0 radical (unpaired) electrons. The molecule has 0 saturated heterocycles. The summed E-state index contributed by atoms with van der Waals surface area (Å²) in [6.45, 7) is 4.10. The Kier molecular flexibility index (Phi) is 3.52. The molecule has 0 aliphatic heterocycles. The molecule has 14 heavy (non-hydrogen) atoms. The van der Waals surface area contributed by atoms with E-state index >= 15 is 0 Å². The second-order valence-electron chi connectivity index (χ2n) is 3.34. The van der Waals surface area contributed by atoms with Crippen LogP contribution >= 0.6 is 11.3 Å². The molecule has 3 nitrogen and oxygen atoms in total. The summed E-state index contributed by atoms with van der Waals surface area (Å²) in [5, 5.41) is 0.557. The quantitative estimate of drug-likeness (QED) is 0.802. The van der Waals surface area contributed by atoms with Crippen molar-refractivity contribution in [2.75, 3.05) is 5.73 Å². The number of primary amides is 1. The van der Waals surface area contributed by atoms with Crippen LogP contribution in [0, 0.1) is 6.92 Å². The maximum absolute atomic E-state index is 11.2. The van der Waals surface area contributed by atoms with Crippen molar-refractivity contribution in [3.8, 4) is 0 Å². The first-order valence-corrected chi connectivity index (χ1v) is 5.57. The van der Waals surface area contributed by atoms with Crippen LogP contribution in [0.5, 0.6) is 0 Å². The zero-order chi connectivity index (χ0) is 10.7. The van der Waals surface area contributed by atoms with Crippen LogP contribution in [-0.2, 0) is 6.42 Å². The molecule has 0 aromatic carbocycles. The van der Waals surface area contributed by atoms with Crippen molar-refractivity contribution in [3.05, 3.63) is 16.0 Å². The third-order valence-electron chi connectivity index (χ3n) is 2.26. The molecule has 0 fully saturated rings. The molecule has 1 aromatic heterocycles. The smallest absolute Gasteiger partial charge is 0.251 e. The SMILES string of the molecule is CCCCc1c(C)sc(N)c1C(N)=O. The molecule has 4 heteroatoms. The topological polar surface area (TPSA) is 69.1 Å². The van der Waals surface area contributed by atoms with Gasteiger partial charge in [0.15, 0.2) is 0 Å². The molecule has 1 rings (SSSR count). The first kappa shape index (κ1) is 11.0. The van der Waals surface area contributed by atoms with Crippen LogP contribution in [0.15, 0.2) is 0 Å². The number of hydrogen-bond donors (Lipinski definition) is 2. The Balaban J connectivity index is 3.05. The summed E-state index contributed by atoms with van der Waals surface area (Å²) in [4.78, 5) is 12.3. The Morgan fingerprint density at radius 2 is 2.14 bits per heavy atom. The fourth-order valence-electron chi connectivity index (χ4n) is 1.53. The summed E-state index contributed by atoms with van der Waals surface area (Å²) in [5.41, 5.74) is 12.6. The maximum Gasteiger partial charge on any atom is 0.251 e. The standard InChI is InChI=1S/C10H16N2OS/c1-3-4-5-7-6(2)14-10(12)8(7)9(11)13/h3-5,12H2,1-2H3,(H2,11,13). The van der Waals surface area contributed by atoms with E-state index in [0.717, 1.165) is 29.7 Å². The van der Waals surface area contributed by atoms with Crippen molar-refractivity contribution in [1.82, 2.24) is 0 Å². The number of unbranched alkanes of at least 4 members (excludes halogenated alkanes) is 1. The number of amides is 1. The molecule has 1 amide bonds. The molecule has 0 unspecified atom stereocenters. The van der Waals surface area contributed by atoms with Crippen molar-refractivity contribution >= 4 is 22.2 Å². The highest BCUT2D eigenvalue weighted by atomic mass is 32.1. The zero-order valence-corrected chi connectivity index (χ0v) is 9.41. The van der Waals surface area contributed by atoms with Gasteiger partial charge in [0.25, 0.3) is 5.91 Å². The van der Waals surface area contributed by atoms with Gasteiger partial charge in [0, 0.05) is 4.88 Å². The Morgan fingerprint density at radius 1 is 1.50 bits per heavy atom. The van der Waals surface area contributed by atoms with Crippen molar-refractivity contribution in [2.24, 2.45) is 5.73 Å². The third-order valence-corrected chi connectivity index (χ3v) is 3.24. The Bertz CT molecular complexity index is 344. The highest BCUT2D eigenvalue weighted by molar-refractivity contribution is 7.16. The van der Waals surface area contributed by atoms with Gasteiger partial charge in [-0.2, -0.15) is 0 Å². The van der Waals surface area contributed by atoms with E-state index in [4.69, 9.17) is 11.5 Å². The van der Waals surface area contributed by atoms with Crippen LogP contribution in [0.2, 0.25) is 0 Å². The number of carbonyl (C=O) groups is 1. The second-order valence-corrected chi connectivity index (χ2v) is 4.60. The summed E-state index contributed by atoms with van der Waals surface area (Å²) >= 11 is 1.45. The van der Waals surface area contributed by atoms with Crippen LogP contribution in [-0.4, -0.2) is 5.91 Å². The van der Waals surface area contributed by atoms with Crippen molar-refractivity contribution in [2.45, 2.75) is 33.1 Å². The summed E-state index contributed by atoms with van der Waals surface area (Å²) in [6.07, 6.45) is 3.07. The monoisotopic (exact) mass is 212 g/mol. The minimum Gasteiger partial charge on any atom is -0.390 e. The number of rotatable bonds is 4. The van der Waals surface area contributed by atoms with Gasteiger partial charge in [-0.05, 0) is 25.3 Å². The zero-order valence-electron chi connectivity index (χ0n) is 8.59. The number of hydrogen-bond acceptors (Lipinski definition) is 3. The third kappa shape index (κ3) is 2.07. The Morgan fingerprint density at radius 3 is 2.64 bits per heavy atom. The molecule has 0 atom stereocenters. The van der Waals surface area contributed by atoms with Gasteiger partial charge in [0.05, 0.1) is 10.6 Å². The molecule has 1 aromatic rings. The van der Waals surface area contributed by atoms with Crippen LogP contribution in [0.4, 0.5) is 5.00 Å². The maximum atomic E-state index is 11.2. The van der Waals surface area contributed by atoms with Gasteiger partial charge in [-0.25, -0.2) is 0 Å². The van der Waals surface area contributed by atoms with Crippen molar-refractivity contribution in [1.29, 1.82) is 0 Å². The number of nitrogens with two attached hydrogens (primary N) is 2. The van der Waals surface area contributed by atoms with Gasteiger partial charge in [-0.3, -0.25) is 4.79 Å². The first-order chi connectivity index (χ1) is 6.57. The van der Waals surface area contributed by atoms with E-state index < -0.39 is 5.91 Å². The van der Waals surface area contributed by atoms with E-state index in [9.17, 15) is 4.79 Å². The highest BCUT2D eigenvalue weighted by Gasteiger charge is 2.17. The predicted octanol–water partition coefficient (Wildman–Crippen LogP) is 2.08. The Labute approximate surface area is 88.1 Å². The fourth-order valence-corrected chi connectivity index (χ4v) is 2.51. The fraction of sp³-hybridized carbons (Fsp3) is 0.500. The van der Waals surface area contributed by atoms with Crippen molar-refractivity contribution in [3.63, 3.8) is 0 Å². The molecule has 0 saturated carbocycles. The summed E-state index contributed by atoms with van der Waals surface area (Å²) in [6, 6.07) is 0. The molecule has 0 bridgehead atoms. The van der Waals surface area contributed by atoms with Crippen LogP contribution in [0.3, 0.4) is 0 Å². The molecule has 0 aliphatic rings. The van der Waals surface area contributed by atoms with E-state index in [-0.39, 0.29) is 0 Å². The molecule has 0 aliphatic carbocycles. The van der Waals surface area contributed by atoms with Gasteiger partial charge in [-0.1, -0.05) is 13.3 Å². The average molecular weight is 212 g/mol. The predicted molar refractivity (Wildman–Crippen MR) is 60.6 cm³/mol. The number of nitrogen functional groups attached to an aromatic ring is 1. The Hall–Kier alpha value is -1.03. The lowest BCUT2D eigenvalue weighted by atomic mass is 10.0. The first-order valence-electron chi connectivity index (χ1n) is 4.75. The minimum absolute atomic E-state index is 0.405. The average Bonchev–Trinajstić information content (AvgIpc) is 2.37. The van der Waals surface area contributed by atoms with Crippen LogP contribution in [0.1, 0.15) is 40.6 Å². The summed E-state index contributed by atoms with van der Waals surface area (Å²) in [7, 11) is 0. The lowest BCUT2D eigenvalue weighted by Gasteiger charge is -2.01. The molecular weight excluding hydrogens is 196 g/mol. The van der Waals surface area contributed by atoms with E-state index in [1.807, 2.05) is 6.92 Å². The van der Waals surface area contributed by atoms with E-state index in [2.05, 4.69) is 6.92 Å². The van der Waals surface area contributed by atoms with Gasteiger partial charge >= 0.3 is 0 Å². The van der Waals surface area contributed by atoms with Crippen LogP contribution in [0.25, 0.3) is 0 Å². The molecule has 1 heterocycles. The van der Waals surface area contributed by atoms with Gasteiger partial charge in [0.2, 0.25) is 0 Å². The van der Waals surface area contributed by atoms with Gasteiger partial charge in [-0.15, -0.1) is 11.3 Å². The molecule has 78 valence electrons. The summed E-state index contributed by atoms with van der Waals surface area (Å²) < 4.78 is 0. The second kappa shape index (κ2) is 4.46. The highest BCUT2D eigenvalue weighted by Crippen LogP contribution is 2.31. The lowest BCUT2D eigenvalue weighted by molar-refractivity contribution is 0.100. The summed E-state index contributed by atoms with van der Waals surface area (Å²) in [5.74, 6) is -0.405. The number of anilines is 1. The van der Waals surface area contributed by atoms with Crippen LogP contribution < -0.4 is 11.5 Å². The van der Waals surface area contributed by atoms with E-state index in [0.29, 0.717) is 10.6 Å². The van der Waals surface area contributed by atoms with Crippen molar-refractivity contribution < 1.29 is 4.79 Å². The number of carbonyl (C=O) groups excluding carboxylic acids is 1. The number of thiophene rings is 1.